The maximum Gasteiger partial charge on any atom is 0.317 e. The molecule has 0 aliphatic carbocycles. The van der Waals surface area contributed by atoms with Gasteiger partial charge in [0.05, 0.1) is 12.6 Å². The summed E-state index contributed by atoms with van der Waals surface area (Å²) in [7, 11) is 0. The lowest BCUT2D eigenvalue weighted by Crippen LogP contribution is -2.48. The fourth-order valence-corrected chi connectivity index (χ4v) is 2.75. The number of amides is 2. The Bertz CT molecular complexity index is 244. The van der Waals surface area contributed by atoms with Gasteiger partial charge in [-0.3, -0.25) is 0 Å². The Kier molecular flexibility index (Phi) is 4.66. The highest BCUT2D eigenvalue weighted by atomic mass is 16.5. The van der Waals surface area contributed by atoms with Crippen LogP contribution in [0.25, 0.3) is 0 Å². The number of likely N-dealkylation sites (tertiary alicyclic amines) is 1. The van der Waals surface area contributed by atoms with Crippen LogP contribution in [-0.4, -0.2) is 43.3 Å². The first-order valence-electron chi connectivity index (χ1n) is 6.92. The molecule has 0 aromatic heterocycles. The monoisotopic (exact) mass is 240 g/mol. The molecule has 1 N–H and O–H groups in total. The Morgan fingerprint density at radius 2 is 2.12 bits per heavy atom. The van der Waals surface area contributed by atoms with Gasteiger partial charge in [0.25, 0.3) is 0 Å². The van der Waals surface area contributed by atoms with Gasteiger partial charge in [-0.05, 0) is 25.2 Å². The van der Waals surface area contributed by atoms with Crippen molar-refractivity contribution in [2.45, 2.75) is 45.1 Å². The van der Waals surface area contributed by atoms with Gasteiger partial charge < -0.3 is 15.0 Å². The number of ether oxygens (including phenoxy) is 1. The molecule has 2 rings (SSSR count). The van der Waals surface area contributed by atoms with E-state index < -0.39 is 0 Å². The summed E-state index contributed by atoms with van der Waals surface area (Å²) in [5.41, 5.74) is 0. The van der Waals surface area contributed by atoms with Crippen LogP contribution in [0.2, 0.25) is 0 Å². The first-order chi connectivity index (χ1) is 8.29. The van der Waals surface area contributed by atoms with Gasteiger partial charge in [0.15, 0.2) is 0 Å². The van der Waals surface area contributed by atoms with Crippen molar-refractivity contribution in [1.29, 1.82) is 0 Å². The molecule has 2 aliphatic rings. The maximum absolute atomic E-state index is 12.0. The van der Waals surface area contributed by atoms with Crippen LogP contribution in [0.15, 0.2) is 0 Å². The van der Waals surface area contributed by atoms with E-state index in [9.17, 15) is 4.79 Å². The first kappa shape index (κ1) is 12.7. The molecule has 0 bridgehead atoms. The predicted molar refractivity (Wildman–Crippen MR) is 67.0 cm³/mol. The van der Waals surface area contributed by atoms with E-state index in [2.05, 4.69) is 12.2 Å². The molecule has 0 saturated carbocycles. The molecule has 2 amide bonds. The smallest absolute Gasteiger partial charge is 0.317 e. The average Bonchev–Trinajstić information content (AvgIpc) is 2.83. The summed E-state index contributed by atoms with van der Waals surface area (Å²) in [6.45, 7) is 5.54. The van der Waals surface area contributed by atoms with Gasteiger partial charge in [-0.1, -0.05) is 19.8 Å². The lowest BCUT2D eigenvalue weighted by molar-refractivity contribution is 0.159. The van der Waals surface area contributed by atoms with E-state index in [0.29, 0.717) is 6.61 Å². The largest absolute Gasteiger partial charge is 0.379 e. The van der Waals surface area contributed by atoms with E-state index in [1.807, 2.05) is 4.90 Å². The summed E-state index contributed by atoms with van der Waals surface area (Å²) in [5.74, 6) is 0.832. The molecule has 4 nitrogen and oxygen atoms in total. The number of carbonyl (C=O) groups excluding carboxylic acids is 1. The predicted octanol–water partition coefficient (Wildman–Crippen LogP) is 2.00. The minimum atomic E-state index is 0.107. The Morgan fingerprint density at radius 1 is 1.35 bits per heavy atom. The number of nitrogens with zero attached hydrogens (tertiary/aromatic N) is 1. The third-order valence-electron chi connectivity index (χ3n) is 3.86. The lowest BCUT2D eigenvalue weighted by Gasteiger charge is -2.32. The molecule has 2 saturated heterocycles. The highest BCUT2D eigenvalue weighted by Crippen LogP contribution is 2.21. The van der Waals surface area contributed by atoms with Crippen LogP contribution in [0.1, 0.15) is 39.0 Å². The molecule has 2 heterocycles. The van der Waals surface area contributed by atoms with Crippen molar-refractivity contribution in [2.24, 2.45) is 5.92 Å². The number of nitrogens with one attached hydrogen (secondary N) is 1. The van der Waals surface area contributed by atoms with Gasteiger partial charge in [0.2, 0.25) is 0 Å². The van der Waals surface area contributed by atoms with Crippen LogP contribution >= 0.6 is 0 Å². The molecule has 2 aliphatic heterocycles. The Balaban J connectivity index is 1.70. The van der Waals surface area contributed by atoms with Crippen LogP contribution in [0.4, 0.5) is 4.79 Å². The number of hydrogen-bond donors (Lipinski definition) is 1. The fraction of sp³-hybridized carbons (Fsp3) is 0.923. The molecule has 0 spiro atoms. The average molecular weight is 240 g/mol. The number of hydrogen-bond acceptors (Lipinski definition) is 2. The van der Waals surface area contributed by atoms with Crippen LogP contribution in [0, 0.1) is 5.92 Å². The lowest BCUT2D eigenvalue weighted by atomic mass is 9.93. The highest BCUT2D eigenvalue weighted by molar-refractivity contribution is 5.74. The van der Waals surface area contributed by atoms with Gasteiger partial charge in [-0.25, -0.2) is 4.79 Å². The third-order valence-corrected chi connectivity index (χ3v) is 3.86. The highest BCUT2D eigenvalue weighted by Gasteiger charge is 2.25. The zero-order chi connectivity index (χ0) is 12.1. The molecule has 0 radical (unpaired) electrons. The number of piperidine rings is 1. The summed E-state index contributed by atoms with van der Waals surface area (Å²) in [6, 6.07) is 0.339. The van der Waals surface area contributed by atoms with Gasteiger partial charge in [-0.2, -0.15) is 0 Å². The van der Waals surface area contributed by atoms with E-state index in [4.69, 9.17) is 4.74 Å². The molecular weight excluding hydrogens is 216 g/mol. The number of rotatable bonds is 3. The summed E-state index contributed by atoms with van der Waals surface area (Å²) >= 11 is 0. The van der Waals surface area contributed by atoms with Crippen molar-refractivity contribution in [2.75, 3.05) is 26.3 Å². The van der Waals surface area contributed by atoms with Crippen molar-refractivity contribution in [3.05, 3.63) is 0 Å². The van der Waals surface area contributed by atoms with E-state index in [1.165, 1.54) is 25.7 Å². The fourth-order valence-electron chi connectivity index (χ4n) is 2.75. The standard InChI is InChI=1S/C13H24N2O2/c1-2-3-11-4-7-15(8-5-11)13(16)14-12-6-9-17-10-12/h11-12H,2-10H2,1H3,(H,14,16). The van der Waals surface area contributed by atoms with Crippen molar-refractivity contribution in [3.8, 4) is 0 Å². The summed E-state index contributed by atoms with van der Waals surface area (Å²) in [6.07, 6.45) is 5.87. The van der Waals surface area contributed by atoms with Crippen molar-refractivity contribution < 1.29 is 9.53 Å². The Labute approximate surface area is 104 Å². The van der Waals surface area contributed by atoms with Crippen LogP contribution in [0.5, 0.6) is 0 Å². The quantitative estimate of drug-likeness (QED) is 0.819. The topological polar surface area (TPSA) is 41.6 Å². The second-order valence-corrected chi connectivity index (χ2v) is 5.23. The van der Waals surface area contributed by atoms with E-state index in [1.54, 1.807) is 0 Å². The molecule has 2 fully saturated rings. The molecule has 1 unspecified atom stereocenters. The summed E-state index contributed by atoms with van der Waals surface area (Å²) in [4.78, 5) is 13.9. The van der Waals surface area contributed by atoms with Crippen LogP contribution in [0.3, 0.4) is 0 Å². The third kappa shape index (κ3) is 3.60. The minimum absolute atomic E-state index is 0.107. The molecule has 17 heavy (non-hydrogen) atoms. The minimum Gasteiger partial charge on any atom is -0.379 e. The molecule has 4 heteroatoms. The second-order valence-electron chi connectivity index (χ2n) is 5.23. The molecular formula is C13H24N2O2. The van der Waals surface area contributed by atoms with E-state index >= 15 is 0 Å². The van der Waals surface area contributed by atoms with E-state index in [-0.39, 0.29) is 12.1 Å². The molecule has 98 valence electrons. The Morgan fingerprint density at radius 3 is 2.71 bits per heavy atom. The molecule has 1 atom stereocenters. The van der Waals surface area contributed by atoms with Crippen LogP contribution in [-0.2, 0) is 4.74 Å². The van der Waals surface area contributed by atoms with Gasteiger partial charge >= 0.3 is 6.03 Å². The first-order valence-corrected chi connectivity index (χ1v) is 6.92. The zero-order valence-corrected chi connectivity index (χ0v) is 10.8. The summed E-state index contributed by atoms with van der Waals surface area (Å²) < 4.78 is 5.26. The van der Waals surface area contributed by atoms with Crippen molar-refractivity contribution in [3.63, 3.8) is 0 Å². The van der Waals surface area contributed by atoms with Gasteiger partial charge in [-0.15, -0.1) is 0 Å². The molecule has 0 aromatic rings. The normalized spacial score (nSPS) is 26.2. The number of carbonyl (C=O) groups is 1. The van der Waals surface area contributed by atoms with Crippen molar-refractivity contribution >= 4 is 6.03 Å². The SMILES string of the molecule is CCCC1CCN(C(=O)NC2CCOC2)CC1. The molecule has 0 aromatic carbocycles. The second kappa shape index (κ2) is 6.24. The Hall–Kier alpha value is -0.770. The zero-order valence-electron chi connectivity index (χ0n) is 10.8. The van der Waals surface area contributed by atoms with Gasteiger partial charge in [0.1, 0.15) is 0 Å². The number of urea groups is 1. The maximum atomic E-state index is 12.0. The van der Waals surface area contributed by atoms with E-state index in [0.717, 1.165) is 32.0 Å². The summed E-state index contributed by atoms with van der Waals surface area (Å²) in [5, 5.41) is 3.06. The van der Waals surface area contributed by atoms with Gasteiger partial charge in [0, 0.05) is 19.7 Å². The van der Waals surface area contributed by atoms with Crippen LogP contribution < -0.4 is 5.32 Å². The van der Waals surface area contributed by atoms with Crippen molar-refractivity contribution in [1.82, 2.24) is 10.2 Å².